The number of carbonyl (C=O) groups is 2. The summed E-state index contributed by atoms with van der Waals surface area (Å²) in [5.41, 5.74) is 2.26. The lowest BCUT2D eigenvalue weighted by atomic mass is 9.97. The Balaban J connectivity index is 1.56. The highest BCUT2D eigenvalue weighted by atomic mass is 32.2. The van der Waals surface area contributed by atoms with E-state index >= 15 is 0 Å². The second-order valence-corrected chi connectivity index (χ2v) is 16.8. The van der Waals surface area contributed by atoms with E-state index in [2.05, 4.69) is 29.3 Å². The van der Waals surface area contributed by atoms with Gasteiger partial charge in [0.15, 0.2) is 0 Å². The molecule has 1 aliphatic rings. The van der Waals surface area contributed by atoms with Crippen molar-refractivity contribution in [3.8, 4) is 0 Å². The number of sulfonamides is 1. The monoisotopic (exact) mass is 726 g/mol. The summed E-state index contributed by atoms with van der Waals surface area (Å²) in [5, 5.41) is 20.6. The molecule has 1 saturated heterocycles. The standard InChI is InChI=1S/C36H50N6O6S2/c1-24(2)20-41(50(47,48)30-14-12-28(13-15-30)19-37-46)22-32(43)31(18-27-10-8-7-9-11-27)39-34(44)33(25(3)4)42-17-16-40(36(42)45)21-29-23-49-35(38-29)26(5)6/h7-15,23-26,31-33,43H,16-22H2,1-6H3,(H,39,44)/t31-,32+,33-/m0/s1. The van der Waals surface area contributed by atoms with Crippen molar-refractivity contribution in [1.29, 1.82) is 0 Å². The Bertz CT molecular complexity index is 1680. The molecule has 1 fully saturated rings. The van der Waals surface area contributed by atoms with Gasteiger partial charge in [-0.15, -0.1) is 11.3 Å². The van der Waals surface area contributed by atoms with Crippen LogP contribution in [0.2, 0.25) is 0 Å². The third-order valence-electron chi connectivity index (χ3n) is 8.64. The van der Waals surface area contributed by atoms with E-state index in [0.717, 1.165) is 16.3 Å². The number of thiazole rings is 1. The molecule has 0 aliphatic carbocycles. The first-order valence-electron chi connectivity index (χ1n) is 17.1. The molecule has 2 N–H and O–H groups in total. The maximum Gasteiger partial charge on any atom is 0.321 e. The van der Waals surface area contributed by atoms with Gasteiger partial charge in [0.2, 0.25) is 15.9 Å². The van der Waals surface area contributed by atoms with Crippen LogP contribution in [0.1, 0.15) is 69.3 Å². The van der Waals surface area contributed by atoms with Crippen LogP contribution in [0, 0.1) is 16.7 Å². The van der Waals surface area contributed by atoms with Gasteiger partial charge in [0.1, 0.15) is 12.6 Å². The van der Waals surface area contributed by atoms with E-state index in [4.69, 9.17) is 0 Å². The zero-order chi connectivity index (χ0) is 36.6. The summed E-state index contributed by atoms with van der Waals surface area (Å²) in [6.07, 6.45) is -1.05. The molecular weight excluding hydrogens is 677 g/mol. The fraction of sp³-hybridized carbons (Fsp3) is 0.528. The van der Waals surface area contributed by atoms with Gasteiger partial charge in [-0.3, -0.25) is 4.79 Å². The van der Waals surface area contributed by atoms with Crippen molar-refractivity contribution in [3.05, 3.63) is 86.7 Å². The molecule has 1 aliphatic heterocycles. The van der Waals surface area contributed by atoms with Crippen LogP contribution in [0.15, 0.2) is 70.0 Å². The second kappa shape index (κ2) is 17.5. The average Bonchev–Trinajstić information content (AvgIpc) is 3.68. The van der Waals surface area contributed by atoms with Crippen molar-refractivity contribution in [3.63, 3.8) is 0 Å². The lowest BCUT2D eigenvalue weighted by Gasteiger charge is -2.34. The number of urea groups is 1. The van der Waals surface area contributed by atoms with Gasteiger partial charge in [0, 0.05) is 37.5 Å². The maximum atomic E-state index is 14.1. The molecule has 4 rings (SSSR count). The molecule has 12 nitrogen and oxygen atoms in total. The number of aromatic nitrogens is 1. The Morgan fingerprint density at radius 3 is 2.26 bits per heavy atom. The van der Waals surface area contributed by atoms with Gasteiger partial charge < -0.3 is 20.2 Å². The summed E-state index contributed by atoms with van der Waals surface area (Å²) in [5.74, 6) is -0.420. The van der Waals surface area contributed by atoms with Crippen molar-refractivity contribution in [1.82, 2.24) is 24.4 Å². The summed E-state index contributed by atoms with van der Waals surface area (Å²) < 4.78 is 29.0. The number of nitrogens with one attached hydrogen (secondary N) is 1. The highest BCUT2D eigenvalue weighted by Gasteiger charge is 2.40. The van der Waals surface area contributed by atoms with Crippen LogP contribution in [-0.2, 0) is 34.3 Å². The van der Waals surface area contributed by atoms with Crippen LogP contribution in [0.3, 0.4) is 0 Å². The normalized spacial score (nSPS) is 15.7. The number of hydrogen-bond donors (Lipinski definition) is 2. The predicted molar refractivity (Wildman–Crippen MR) is 195 cm³/mol. The van der Waals surface area contributed by atoms with Gasteiger partial charge in [-0.05, 0) is 41.5 Å². The van der Waals surface area contributed by atoms with Crippen molar-refractivity contribution in [2.24, 2.45) is 17.0 Å². The summed E-state index contributed by atoms with van der Waals surface area (Å²) in [4.78, 5) is 46.5. The zero-order valence-electron chi connectivity index (χ0n) is 29.7. The van der Waals surface area contributed by atoms with E-state index in [9.17, 15) is 28.0 Å². The molecule has 0 saturated carbocycles. The highest BCUT2D eigenvalue weighted by Crippen LogP contribution is 2.25. The van der Waals surface area contributed by atoms with Crippen molar-refractivity contribution < 1.29 is 23.1 Å². The van der Waals surface area contributed by atoms with E-state index in [-0.39, 0.29) is 48.8 Å². The van der Waals surface area contributed by atoms with Crippen LogP contribution in [0.4, 0.5) is 4.79 Å². The first-order valence-corrected chi connectivity index (χ1v) is 19.4. The summed E-state index contributed by atoms with van der Waals surface area (Å²) in [6.45, 7) is 12.7. The minimum Gasteiger partial charge on any atom is -0.390 e. The summed E-state index contributed by atoms with van der Waals surface area (Å²) in [7, 11) is -4.05. The fourth-order valence-electron chi connectivity index (χ4n) is 6.09. The van der Waals surface area contributed by atoms with Gasteiger partial charge >= 0.3 is 6.03 Å². The molecule has 0 spiro atoms. The zero-order valence-corrected chi connectivity index (χ0v) is 31.4. The lowest BCUT2D eigenvalue weighted by Crippen LogP contribution is -2.57. The number of nitroso groups, excluding NO2 is 1. The number of aliphatic hydroxyl groups is 1. The van der Waals surface area contributed by atoms with Gasteiger partial charge in [-0.1, -0.05) is 89.2 Å². The Kier molecular flexibility index (Phi) is 13.7. The molecule has 272 valence electrons. The van der Waals surface area contributed by atoms with E-state index < -0.39 is 34.1 Å². The first-order chi connectivity index (χ1) is 23.7. The van der Waals surface area contributed by atoms with Gasteiger partial charge in [0.25, 0.3) is 0 Å². The highest BCUT2D eigenvalue weighted by molar-refractivity contribution is 7.89. The lowest BCUT2D eigenvalue weighted by molar-refractivity contribution is -0.128. The van der Waals surface area contributed by atoms with Crippen LogP contribution in [0.5, 0.6) is 0 Å². The molecule has 2 heterocycles. The predicted octanol–water partition coefficient (Wildman–Crippen LogP) is 5.23. The molecule has 14 heteroatoms. The second-order valence-electron chi connectivity index (χ2n) is 13.9. The number of amides is 3. The minimum atomic E-state index is -4.05. The molecule has 3 amide bonds. The van der Waals surface area contributed by atoms with Crippen LogP contribution < -0.4 is 5.32 Å². The third kappa shape index (κ3) is 9.95. The first kappa shape index (κ1) is 39.1. The van der Waals surface area contributed by atoms with E-state index in [0.29, 0.717) is 31.1 Å². The number of aliphatic hydroxyl groups excluding tert-OH is 1. The van der Waals surface area contributed by atoms with E-state index in [1.165, 1.54) is 16.4 Å². The largest absolute Gasteiger partial charge is 0.390 e. The van der Waals surface area contributed by atoms with Gasteiger partial charge in [0.05, 0.1) is 34.3 Å². The van der Waals surface area contributed by atoms with Crippen LogP contribution in [-0.4, -0.2) is 88.9 Å². The molecule has 0 radical (unpaired) electrons. The molecule has 3 aromatic rings. The number of rotatable bonds is 18. The summed E-state index contributed by atoms with van der Waals surface area (Å²) in [6, 6.07) is 13.4. The minimum absolute atomic E-state index is 0.0266. The molecule has 3 atom stereocenters. The van der Waals surface area contributed by atoms with E-state index in [1.807, 2.05) is 63.4 Å². The Labute approximate surface area is 299 Å². The maximum absolute atomic E-state index is 14.1. The number of benzene rings is 2. The fourth-order valence-corrected chi connectivity index (χ4v) is 8.54. The quantitative estimate of drug-likeness (QED) is 0.170. The summed E-state index contributed by atoms with van der Waals surface area (Å²) >= 11 is 1.57. The molecule has 2 aromatic carbocycles. The third-order valence-corrected chi connectivity index (χ3v) is 11.7. The topological polar surface area (TPSA) is 153 Å². The molecule has 1 aromatic heterocycles. The van der Waals surface area contributed by atoms with Crippen LogP contribution in [0.25, 0.3) is 0 Å². The average molecular weight is 727 g/mol. The Morgan fingerprint density at radius 2 is 1.68 bits per heavy atom. The number of hydrogen-bond acceptors (Lipinski definition) is 9. The molecule has 50 heavy (non-hydrogen) atoms. The molecule has 0 bridgehead atoms. The Morgan fingerprint density at radius 1 is 1.00 bits per heavy atom. The number of nitrogens with zero attached hydrogens (tertiary/aromatic N) is 5. The molecule has 0 unspecified atom stereocenters. The molecular formula is C36H50N6O6S2. The van der Waals surface area contributed by atoms with Crippen LogP contribution >= 0.6 is 11.3 Å². The van der Waals surface area contributed by atoms with Gasteiger partial charge in [-0.25, -0.2) is 18.2 Å². The number of carbonyl (C=O) groups excluding carboxylic acids is 2. The van der Waals surface area contributed by atoms with Crippen molar-refractivity contribution >= 4 is 33.3 Å². The Hall–Kier alpha value is -3.72. The van der Waals surface area contributed by atoms with Gasteiger partial charge in [-0.2, -0.15) is 9.21 Å². The smallest absolute Gasteiger partial charge is 0.321 e. The van der Waals surface area contributed by atoms with Crippen molar-refractivity contribution in [2.45, 2.75) is 90.1 Å². The SMILES string of the molecule is CC(C)CN(C[C@@H](O)[C@H](Cc1ccccc1)NC(=O)[C@H](C(C)C)N1CCN(Cc2csc(C(C)C)n2)C1=O)S(=O)(=O)c1ccc(CN=O)cc1. The van der Waals surface area contributed by atoms with E-state index in [1.54, 1.807) is 33.3 Å². The van der Waals surface area contributed by atoms with Crippen molar-refractivity contribution in [2.75, 3.05) is 26.2 Å².